The van der Waals surface area contributed by atoms with E-state index < -0.39 is 69.6 Å². The van der Waals surface area contributed by atoms with E-state index in [2.05, 4.69) is 0 Å². The van der Waals surface area contributed by atoms with E-state index >= 15 is 0 Å². The number of alkyl halides is 3. The van der Waals surface area contributed by atoms with E-state index in [9.17, 15) is 31.1 Å². The molecule has 9 heteroatoms. The lowest BCUT2D eigenvalue weighted by Crippen LogP contribution is -2.14. The van der Waals surface area contributed by atoms with Gasteiger partial charge in [-0.1, -0.05) is 37.4 Å². The Morgan fingerprint density at radius 3 is 2.32 bits per heavy atom. The van der Waals surface area contributed by atoms with Crippen LogP contribution in [0, 0.1) is 54.0 Å². The minimum absolute atomic E-state index is 0.328. The average Bonchev–Trinajstić information content (AvgIpc) is 3.13. The Balaban J connectivity index is 2.19. The van der Waals surface area contributed by atoms with Crippen LogP contribution in [0.25, 0.3) is 0 Å². The highest BCUT2D eigenvalue weighted by atomic mass is 35.5. The molecule has 0 radical (unpaired) electrons. The number of benzene rings is 1. The number of carbonyl (C=O) groups excluding carboxylic acids is 1. The number of hydrogen-bond acceptors (Lipinski definition) is 2. The van der Waals surface area contributed by atoms with Crippen LogP contribution >= 0.6 is 11.6 Å². The van der Waals surface area contributed by atoms with Gasteiger partial charge in [0.2, 0.25) is 0 Å². The van der Waals surface area contributed by atoms with Crippen LogP contribution in [0.2, 0.25) is 0 Å². The van der Waals surface area contributed by atoms with E-state index in [1.165, 1.54) is 13.8 Å². The molecule has 0 amide bonds. The van der Waals surface area contributed by atoms with Gasteiger partial charge in [0.15, 0.2) is 11.6 Å². The Kier molecular flexibility index (Phi) is 5.82. The van der Waals surface area contributed by atoms with Crippen LogP contribution in [0.1, 0.15) is 30.5 Å². The topological polar surface area (TPSA) is 26.3 Å². The number of terminal acetylenes is 1. The predicted molar refractivity (Wildman–Crippen MR) is 89.5 cm³/mol. The molecule has 0 saturated heterocycles. The van der Waals surface area contributed by atoms with Gasteiger partial charge in [-0.25, -0.2) is 13.2 Å². The second kappa shape index (κ2) is 7.36. The summed E-state index contributed by atoms with van der Waals surface area (Å²) in [6.45, 7) is 3.41. The number of ether oxygens (including phenoxy) is 1. The molecule has 1 fully saturated rings. The third kappa shape index (κ3) is 3.86. The molecule has 1 saturated carbocycles. The fourth-order valence-corrected chi connectivity index (χ4v) is 3.18. The molecule has 0 unspecified atom stereocenters. The van der Waals surface area contributed by atoms with Crippen molar-refractivity contribution in [2.45, 2.75) is 33.6 Å². The summed E-state index contributed by atoms with van der Waals surface area (Å²) in [4.78, 5) is 12.2. The number of carbonyl (C=O) groups is 1. The van der Waals surface area contributed by atoms with Crippen molar-refractivity contribution in [1.82, 2.24) is 0 Å². The summed E-state index contributed by atoms with van der Waals surface area (Å²) in [5, 5.41) is -1.36. The van der Waals surface area contributed by atoms with E-state index in [-0.39, 0.29) is 5.56 Å². The van der Waals surface area contributed by atoms with Crippen LogP contribution in [-0.4, -0.2) is 12.1 Å². The molecule has 0 aliphatic heterocycles. The van der Waals surface area contributed by atoms with E-state index in [4.69, 9.17) is 22.8 Å². The van der Waals surface area contributed by atoms with Gasteiger partial charge in [0.1, 0.15) is 17.5 Å². The van der Waals surface area contributed by atoms with Gasteiger partial charge < -0.3 is 4.74 Å². The molecule has 1 aliphatic carbocycles. The van der Waals surface area contributed by atoms with Crippen LogP contribution in [0.4, 0.5) is 26.3 Å². The third-order valence-corrected chi connectivity index (χ3v) is 5.28. The average molecular weight is 425 g/mol. The predicted octanol–water partition coefficient (Wildman–Crippen LogP) is 5.39. The highest BCUT2D eigenvalue weighted by molar-refractivity contribution is 6.30. The number of allylic oxidation sites excluding steroid dienone is 2. The van der Waals surface area contributed by atoms with Crippen LogP contribution < -0.4 is 0 Å². The molecule has 0 N–H and O–H groups in total. The van der Waals surface area contributed by atoms with Crippen molar-refractivity contribution < 1.29 is 35.9 Å². The van der Waals surface area contributed by atoms with Crippen molar-refractivity contribution in [2.24, 2.45) is 17.3 Å². The minimum atomic E-state index is -4.75. The van der Waals surface area contributed by atoms with Gasteiger partial charge in [-0.05, 0) is 23.8 Å². The van der Waals surface area contributed by atoms with Gasteiger partial charge in [0.25, 0.3) is 0 Å². The normalized spacial score (nSPS) is 21.2. The van der Waals surface area contributed by atoms with Gasteiger partial charge in [-0.3, -0.25) is 4.79 Å². The molecule has 2 nitrogen and oxygen atoms in total. The quantitative estimate of drug-likeness (QED) is 0.280. The summed E-state index contributed by atoms with van der Waals surface area (Å²) in [6, 6.07) is 0. The van der Waals surface area contributed by atoms with Crippen molar-refractivity contribution in [3.63, 3.8) is 0 Å². The molecule has 0 heterocycles. The SMILES string of the molecule is C#Cc1c(F)c(C)c(COC(=O)[C@H]2[C@@H](/C=C(\Cl)C(F)(F)F)C2(C)C)c(F)c1F. The highest BCUT2D eigenvalue weighted by Gasteiger charge is 2.62. The van der Waals surface area contributed by atoms with Gasteiger partial charge >= 0.3 is 12.1 Å². The smallest absolute Gasteiger partial charge is 0.426 e. The Bertz CT molecular complexity index is 866. The van der Waals surface area contributed by atoms with Gasteiger partial charge in [0.05, 0.1) is 11.5 Å². The fourth-order valence-electron chi connectivity index (χ4n) is 3.05. The van der Waals surface area contributed by atoms with E-state index in [0.717, 1.165) is 13.0 Å². The molecule has 0 bridgehead atoms. The van der Waals surface area contributed by atoms with Crippen molar-refractivity contribution in [3.05, 3.63) is 45.3 Å². The van der Waals surface area contributed by atoms with Crippen molar-refractivity contribution in [2.75, 3.05) is 0 Å². The first-order valence-electron chi connectivity index (χ1n) is 7.98. The largest absolute Gasteiger partial charge is 0.460 e. The van der Waals surface area contributed by atoms with E-state index in [1.807, 2.05) is 0 Å². The maximum absolute atomic E-state index is 14.1. The van der Waals surface area contributed by atoms with Crippen LogP contribution in [-0.2, 0) is 16.1 Å². The molecule has 0 spiro atoms. The molecule has 152 valence electrons. The number of esters is 1. The Morgan fingerprint density at radius 2 is 1.82 bits per heavy atom. The molecule has 0 aromatic heterocycles. The first-order valence-corrected chi connectivity index (χ1v) is 8.36. The fraction of sp³-hybridized carbons (Fsp3) is 0.421. The van der Waals surface area contributed by atoms with Crippen LogP contribution in [0.15, 0.2) is 11.1 Å². The first-order chi connectivity index (χ1) is 12.7. The summed E-state index contributed by atoms with van der Waals surface area (Å²) in [5.41, 5.74) is -2.62. The second-order valence-corrected chi connectivity index (χ2v) is 7.42. The summed E-state index contributed by atoms with van der Waals surface area (Å²) < 4.78 is 84.6. The standard InChI is InChI=1S/C19H15ClF6O2/c1-5-9-14(21)8(2)10(16(23)15(9)22)7-28-17(27)13-11(18(13,3)4)6-12(20)19(24,25)26/h1,6,11,13H,7H2,2-4H3/b12-6-/t11-,13-/m1/s1. The van der Waals surface area contributed by atoms with Crippen LogP contribution in [0.3, 0.4) is 0 Å². The van der Waals surface area contributed by atoms with E-state index in [0.29, 0.717) is 0 Å². The lowest BCUT2D eigenvalue weighted by atomic mass is 10.0. The Labute approximate surface area is 162 Å². The summed E-state index contributed by atoms with van der Waals surface area (Å²) in [7, 11) is 0. The minimum Gasteiger partial charge on any atom is -0.460 e. The van der Waals surface area contributed by atoms with E-state index in [1.54, 1.807) is 5.92 Å². The lowest BCUT2D eigenvalue weighted by Gasteiger charge is -2.12. The number of halogens is 7. The lowest BCUT2D eigenvalue weighted by molar-refractivity contribution is -0.147. The molecular formula is C19H15ClF6O2. The molecule has 2 rings (SSSR count). The summed E-state index contributed by atoms with van der Waals surface area (Å²) in [5.74, 6) is -5.23. The molecule has 1 aromatic carbocycles. The monoisotopic (exact) mass is 424 g/mol. The molecular weight excluding hydrogens is 410 g/mol. The third-order valence-electron chi connectivity index (χ3n) is 4.94. The molecule has 1 aromatic rings. The Hall–Kier alpha value is -2.14. The van der Waals surface area contributed by atoms with Crippen molar-refractivity contribution >= 4 is 17.6 Å². The van der Waals surface area contributed by atoms with Crippen molar-refractivity contribution in [3.8, 4) is 12.3 Å². The molecule has 28 heavy (non-hydrogen) atoms. The first kappa shape index (κ1) is 22.2. The van der Waals surface area contributed by atoms with Gasteiger partial charge in [0, 0.05) is 5.56 Å². The zero-order valence-corrected chi connectivity index (χ0v) is 15.7. The number of rotatable bonds is 4. The van der Waals surface area contributed by atoms with Gasteiger partial charge in [-0.15, -0.1) is 6.42 Å². The maximum atomic E-state index is 14.1. The number of hydrogen-bond donors (Lipinski definition) is 0. The summed E-state index contributed by atoms with van der Waals surface area (Å²) >= 11 is 5.20. The Morgan fingerprint density at radius 1 is 1.25 bits per heavy atom. The maximum Gasteiger partial charge on any atom is 0.426 e. The highest BCUT2D eigenvalue weighted by Crippen LogP contribution is 2.60. The van der Waals surface area contributed by atoms with Crippen LogP contribution in [0.5, 0.6) is 0 Å². The molecule has 2 atom stereocenters. The van der Waals surface area contributed by atoms with Gasteiger partial charge in [-0.2, -0.15) is 13.2 Å². The molecule has 1 aliphatic rings. The second-order valence-electron chi connectivity index (χ2n) is 7.01. The zero-order chi connectivity index (χ0) is 21.6. The summed E-state index contributed by atoms with van der Waals surface area (Å²) in [6.07, 6.45) is 0.922. The zero-order valence-electron chi connectivity index (χ0n) is 15.0. The van der Waals surface area contributed by atoms with Crippen molar-refractivity contribution in [1.29, 1.82) is 0 Å².